The number of thioether (sulfide) groups is 1. The van der Waals surface area contributed by atoms with Gasteiger partial charge in [0.1, 0.15) is 11.6 Å². The number of carboxylic acids is 1. The van der Waals surface area contributed by atoms with Crippen LogP contribution in [0.15, 0.2) is 24.3 Å². The van der Waals surface area contributed by atoms with Crippen LogP contribution in [0.5, 0.6) is 0 Å². The highest BCUT2D eigenvalue weighted by atomic mass is 32.2. The van der Waals surface area contributed by atoms with E-state index >= 15 is 0 Å². The van der Waals surface area contributed by atoms with Crippen molar-refractivity contribution in [3.63, 3.8) is 0 Å². The fourth-order valence-electron chi connectivity index (χ4n) is 3.66. The van der Waals surface area contributed by atoms with Crippen LogP contribution in [0.2, 0.25) is 0 Å². The van der Waals surface area contributed by atoms with Crippen molar-refractivity contribution in [3.05, 3.63) is 35.4 Å². The number of ether oxygens (including phenoxy) is 1. The summed E-state index contributed by atoms with van der Waals surface area (Å²) >= 11 is 1.55. The maximum atomic E-state index is 13.1. The highest BCUT2D eigenvalue weighted by Gasteiger charge is 2.45. The molecule has 2 N–H and O–H groups in total. The van der Waals surface area contributed by atoms with E-state index in [2.05, 4.69) is 50.4 Å². The summed E-state index contributed by atoms with van der Waals surface area (Å²) in [5.41, 5.74) is 1.67. The van der Waals surface area contributed by atoms with Gasteiger partial charge in [-0.3, -0.25) is 14.5 Å². The number of carboxylic acid groups (broad SMARTS) is 1. The molecule has 2 rings (SSSR count). The molecule has 8 heteroatoms. The third kappa shape index (κ3) is 7.43. The van der Waals surface area contributed by atoms with Crippen LogP contribution in [0, 0.1) is 5.92 Å². The number of hydrogen-bond acceptors (Lipinski definition) is 5. The van der Waals surface area contributed by atoms with Gasteiger partial charge in [-0.2, -0.15) is 0 Å². The van der Waals surface area contributed by atoms with Gasteiger partial charge in [0.15, 0.2) is 0 Å². The molecule has 2 unspecified atom stereocenters. The zero-order chi connectivity index (χ0) is 24.1. The lowest BCUT2D eigenvalue weighted by atomic mass is 9.96. The molecule has 0 aliphatic carbocycles. The number of nitrogens with zero attached hydrogens (tertiary/aromatic N) is 1. The lowest BCUT2D eigenvalue weighted by Crippen LogP contribution is -2.52. The van der Waals surface area contributed by atoms with Gasteiger partial charge in [-0.1, -0.05) is 45.0 Å². The maximum Gasteiger partial charge on any atom is 0.411 e. The van der Waals surface area contributed by atoms with Gasteiger partial charge in [0.05, 0.1) is 11.8 Å². The Kier molecular flexibility index (Phi) is 9.01. The molecule has 1 aliphatic rings. The van der Waals surface area contributed by atoms with E-state index in [1.54, 1.807) is 32.5 Å². The van der Waals surface area contributed by atoms with Gasteiger partial charge in [-0.25, -0.2) is 4.79 Å². The summed E-state index contributed by atoms with van der Waals surface area (Å²) in [5.74, 6) is -0.350. The van der Waals surface area contributed by atoms with Gasteiger partial charge in [0, 0.05) is 18.2 Å². The molecule has 0 saturated carbocycles. The number of hydrogen-bond donors (Lipinski definition) is 2. The first-order valence-electron chi connectivity index (χ1n) is 11.1. The minimum Gasteiger partial charge on any atom is -0.481 e. The van der Waals surface area contributed by atoms with Crippen LogP contribution in [0.1, 0.15) is 65.0 Å². The van der Waals surface area contributed by atoms with E-state index in [0.717, 1.165) is 12.0 Å². The van der Waals surface area contributed by atoms with Crippen LogP contribution in [0.3, 0.4) is 0 Å². The van der Waals surface area contributed by atoms with Gasteiger partial charge < -0.3 is 15.2 Å². The van der Waals surface area contributed by atoms with Crippen molar-refractivity contribution >= 4 is 29.7 Å². The molecule has 3 atom stereocenters. The normalized spacial score (nSPS) is 19.7. The van der Waals surface area contributed by atoms with Gasteiger partial charge >= 0.3 is 12.1 Å². The Hall–Kier alpha value is -2.22. The quantitative estimate of drug-likeness (QED) is 0.597. The van der Waals surface area contributed by atoms with Gasteiger partial charge in [-0.05, 0) is 44.2 Å². The van der Waals surface area contributed by atoms with E-state index in [1.807, 2.05) is 0 Å². The minimum absolute atomic E-state index is 0.0163. The van der Waals surface area contributed by atoms with E-state index in [4.69, 9.17) is 9.84 Å². The molecule has 0 radical (unpaired) electrons. The van der Waals surface area contributed by atoms with Crippen molar-refractivity contribution in [2.75, 3.05) is 12.3 Å². The molecule has 1 aromatic carbocycles. The smallest absolute Gasteiger partial charge is 0.411 e. The standard InChI is InChI=1S/C24H36N2O5S/c1-15(2)13-17-7-9-18(10-8-17)16(3)22-26(23(30)31-24(4,5)6)19(14-32-22)21(29)25-12-11-20(27)28/h7-10,15-16,19,22H,11-14H2,1-6H3,(H,25,29)(H,27,28)/t16?,19-,22?/m0/s1. The zero-order valence-corrected chi connectivity index (χ0v) is 20.7. The first-order valence-corrected chi connectivity index (χ1v) is 12.1. The molecular formula is C24H36N2O5S. The average Bonchev–Trinajstić information content (AvgIpc) is 3.11. The molecule has 1 saturated heterocycles. The summed E-state index contributed by atoms with van der Waals surface area (Å²) in [6.07, 6.45) is 0.310. The van der Waals surface area contributed by atoms with Crippen LogP contribution >= 0.6 is 11.8 Å². The minimum atomic E-state index is -0.984. The van der Waals surface area contributed by atoms with Crippen molar-refractivity contribution in [2.24, 2.45) is 5.92 Å². The Bertz CT molecular complexity index is 804. The lowest BCUT2D eigenvalue weighted by molar-refractivity contribution is -0.137. The summed E-state index contributed by atoms with van der Waals surface area (Å²) in [5, 5.41) is 11.2. The van der Waals surface area contributed by atoms with Crippen molar-refractivity contribution in [3.8, 4) is 0 Å². The maximum absolute atomic E-state index is 13.1. The predicted octanol–water partition coefficient (Wildman–Crippen LogP) is 4.26. The SMILES string of the molecule is CC(C)Cc1ccc(C(C)C2SC[C@@H](C(=O)NCCC(=O)O)N2C(=O)OC(C)(C)C)cc1. The Morgan fingerprint density at radius 3 is 2.34 bits per heavy atom. The molecule has 1 aliphatic heterocycles. The Morgan fingerprint density at radius 2 is 1.81 bits per heavy atom. The average molecular weight is 465 g/mol. The molecule has 1 fully saturated rings. The summed E-state index contributed by atoms with van der Waals surface area (Å²) < 4.78 is 5.62. The molecule has 0 aromatic heterocycles. The molecule has 1 heterocycles. The molecule has 7 nitrogen and oxygen atoms in total. The van der Waals surface area contributed by atoms with Crippen LogP contribution in [0.4, 0.5) is 4.79 Å². The second-order valence-electron chi connectivity index (χ2n) is 9.69. The highest BCUT2D eigenvalue weighted by Crippen LogP contribution is 2.39. The van der Waals surface area contributed by atoms with E-state index in [9.17, 15) is 14.4 Å². The first-order chi connectivity index (χ1) is 14.9. The number of amides is 2. The summed E-state index contributed by atoms with van der Waals surface area (Å²) in [4.78, 5) is 38.2. The van der Waals surface area contributed by atoms with Crippen LogP contribution in [0.25, 0.3) is 0 Å². The van der Waals surface area contributed by atoms with Crippen LogP contribution in [-0.2, 0) is 20.7 Å². The van der Waals surface area contributed by atoms with Gasteiger partial charge in [0.25, 0.3) is 0 Å². The van der Waals surface area contributed by atoms with Gasteiger partial charge in [0.2, 0.25) is 5.91 Å². The summed E-state index contributed by atoms with van der Waals surface area (Å²) in [6, 6.07) is 7.72. The Balaban J connectivity index is 2.22. The number of rotatable bonds is 8. The molecular weight excluding hydrogens is 428 g/mol. The van der Waals surface area contributed by atoms with Crippen LogP contribution < -0.4 is 5.32 Å². The fourth-order valence-corrected chi connectivity index (χ4v) is 5.20. The van der Waals surface area contributed by atoms with Crippen molar-refractivity contribution in [1.82, 2.24) is 10.2 Å². The van der Waals surface area contributed by atoms with Crippen molar-refractivity contribution in [1.29, 1.82) is 0 Å². The molecule has 32 heavy (non-hydrogen) atoms. The second kappa shape index (κ2) is 11.1. The molecule has 0 bridgehead atoms. The van der Waals surface area contributed by atoms with E-state index in [0.29, 0.717) is 11.7 Å². The summed E-state index contributed by atoms with van der Waals surface area (Å²) in [7, 11) is 0. The molecule has 0 spiro atoms. The van der Waals surface area contributed by atoms with Crippen molar-refractivity contribution < 1.29 is 24.2 Å². The molecule has 178 valence electrons. The van der Waals surface area contributed by atoms with E-state index < -0.39 is 23.7 Å². The Labute approximate surface area is 195 Å². The number of benzene rings is 1. The van der Waals surface area contributed by atoms with E-state index in [-0.39, 0.29) is 30.2 Å². The van der Waals surface area contributed by atoms with Gasteiger partial charge in [-0.15, -0.1) is 11.8 Å². The fraction of sp³-hybridized carbons (Fsp3) is 0.625. The predicted molar refractivity (Wildman–Crippen MR) is 127 cm³/mol. The monoisotopic (exact) mass is 464 g/mol. The van der Waals surface area contributed by atoms with E-state index in [1.165, 1.54) is 10.5 Å². The molecule has 1 aromatic rings. The third-order valence-electron chi connectivity index (χ3n) is 5.16. The summed E-state index contributed by atoms with van der Waals surface area (Å²) in [6.45, 7) is 11.8. The second-order valence-corrected chi connectivity index (χ2v) is 10.8. The topological polar surface area (TPSA) is 95.9 Å². The number of aliphatic carboxylic acids is 1. The van der Waals surface area contributed by atoms with Crippen molar-refractivity contribution in [2.45, 2.75) is 77.3 Å². The molecule has 2 amide bonds. The number of nitrogens with one attached hydrogen (secondary N) is 1. The largest absolute Gasteiger partial charge is 0.481 e. The van der Waals surface area contributed by atoms with Crippen LogP contribution in [-0.4, -0.2) is 57.3 Å². The number of carbonyl (C=O) groups excluding carboxylic acids is 2. The third-order valence-corrected chi connectivity index (χ3v) is 6.64. The Morgan fingerprint density at radius 1 is 1.19 bits per heavy atom. The first kappa shape index (κ1) is 26.0. The lowest BCUT2D eigenvalue weighted by Gasteiger charge is -2.34. The zero-order valence-electron chi connectivity index (χ0n) is 19.9. The highest BCUT2D eigenvalue weighted by molar-refractivity contribution is 8.00. The number of carbonyl (C=O) groups is 3.